The van der Waals surface area contributed by atoms with Crippen LogP contribution < -0.4 is 0 Å². The van der Waals surface area contributed by atoms with Gasteiger partial charge in [0.25, 0.3) is 6.08 Å². The van der Waals surface area contributed by atoms with Crippen LogP contribution in [0.25, 0.3) is 0 Å². The van der Waals surface area contributed by atoms with Gasteiger partial charge in [-0.25, -0.2) is 0 Å². The molecule has 3 rings (SSSR count). The summed E-state index contributed by atoms with van der Waals surface area (Å²) in [5.74, 6) is 3.77. The van der Waals surface area contributed by atoms with Gasteiger partial charge in [-0.1, -0.05) is 31.8 Å². The van der Waals surface area contributed by atoms with Gasteiger partial charge in [0.2, 0.25) is 0 Å². The predicted molar refractivity (Wildman–Crippen MR) is 114 cm³/mol. The normalized spacial score (nSPS) is 35.8. The Balaban J connectivity index is 1.26. The predicted octanol–water partition coefficient (Wildman–Crippen LogP) is 7.51. The molecule has 1 heterocycles. The molecule has 0 aromatic heterocycles. The molecule has 0 bridgehead atoms. The molecule has 0 aromatic rings. The molecule has 29 heavy (non-hydrogen) atoms. The first-order valence-corrected chi connectivity index (χ1v) is 12.0. The molecule has 0 unspecified atom stereocenters. The van der Waals surface area contributed by atoms with Crippen LogP contribution in [0.4, 0.5) is 8.78 Å². The first kappa shape index (κ1) is 22.9. The lowest BCUT2D eigenvalue weighted by molar-refractivity contribution is -0.203. The van der Waals surface area contributed by atoms with E-state index >= 15 is 0 Å². The molecule has 3 aliphatic rings. The summed E-state index contributed by atoms with van der Waals surface area (Å²) in [4.78, 5) is 0. The Hall–Kier alpha value is -0.740. The fourth-order valence-corrected chi connectivity index (χ4v) is 5.82. The van der Waals surface area contributed by atoms with Crippen LogP contribution in [0.3, 0.4) is 0 Å². The van der Waals surface area contributed by atoms with Crippen molar-refractivity contribution in [3.63, 3.8) is 0 Å². The fourth-order valence-electron chi connectivity index (χ4n) is 5.82. The van der Waals surface area contributed by atoms with Crippen molar-refractivity contribution in [2.24, 2.45) is 29.6 Å². The van der Waals surface area contributed by atoms with Crippen LogP contribution >= 0.6 is 0 Å². The van der Waals surface area contributed by atoms with Crippen molar-refractivity contribution in [2.75, 3.05) is 13.2 Å². The number of ether oxygens (including phenoxy) is 2. The second-order valence-electron chi connectivity index (χ2n) is 9.70. The van der Waals surface area contributed by atoms with Crippen molar-refractivity contribution < 1.29 is 18.3 Å². The quantitative estimate of drug-likeness (QED) is 0.366. The monoisotopic (exact) mass is 410 g/mol. The Morgan fingerprint density at radius 3 is 1.83 bits per heavy atom. The largest absolute Gasteiger partial charge is 0.352 e. The van der Waals surface area contributed by atoms with E-state index in [1.54, 1.807) is 0 Å². The van der Waals surface area contributed by atoms with Gasteiger partial charge in [-0.2, -0.15) is 8.78 Å². The molecule has 0 atom stereocenters. The van der Waals surface area contributed by atoms with E-state index in [2.05, 4.69) is 6.58 Å². The van der Waals surface area contributed by atoms with Crippen LogP contribution in [0, 0.1) is 29.6 Å². The molecule has 0 radical (unpaired) electrons. The van der Waals surface area contributed by atoms with Gasteiger partial charge < -0.3 is 9.47 Å². The number of halogens is 2. The third-order valence-corrected chi connectivity index (χ3v) is 7.67. The minimum atomic E-state index is -1.52. The van der Waals surface area contributed by atoms with Crippen LogP contribution in [0.15, 0.2) is 24.8 Å². The maximum Gasteiger partial charge on any atom is 0.266 e. The van der Waals surface area contributed by atoms with Gasteiger partial charge in [-0.3, -0.25) is 0 Å². The summed E-state index contributed by atoms with van der Waals surface area (Å²) in [5.41, 5.74) is 0. The summed E-state index contributed by atoms with van der Waals surface area (Å²) in [6, 6.07) is 0. The fraction of sp³-hybridized carbons (Fsp3) is 0.840. The minimum Gasteiger partial charge on any atom is -0.352 e. The Morgan fingerprint density at radius 2 is 1.31 bits per heavy atom. The van der Waals surface area contributed by atoms with Crippen molar-refractivity contribution in [2.45, 2.75) is 89.8 Å². The van der Waals surface area contributed by atoms with Gasteiger partial charge in [-0.05, 0) is 87.5 Å². The van der Waals surface area contributed by atoms with E-state index in [1.807, 2.05) is 6.08 Å². The Labute approximate surface area is 176 Å². The van der Waals surface area contributed by atoms with E-state index in [-0.39, 0.29) is 6.29 Å². The van der Waals surface area contributed by atoms with Crippen molar-refractivity contribution in [1.29, 1.82) is 0 Å². The van der Waals surface area contributed by atoms with Crippen LogP contribution in [-0.2, 0) is 9.47 Å². The van der Waals surface area contributed by atoms with Crippen molar-refractivity contribution in [1.82, 2.24) is 0 Å². The molecule has 0 N–H and O–H groups in total. The summed E-state index contributed by atoms with van der Waals surface area (Å²) < 4.78 is 36.1. The van der Waals surface area contributed by atoms with Crippen molar-refractivity contribution >= 4 is 0 Å². The Bertz CT molecular complexity index is 493. The van der Waals surface area contributed by atoms with Gasteiger partial charge in [0.1, 0.15) is 0 Å². The zero-order valence-electron chi connectivity index (χ0n) is 18.0. The average Bonchev–Trinajstić information content (AvgIpc) is 2.74. The summed E-state index contributed by atoms with van der Waals surface area (Å²) in [7, 11) is 0. The first-order chi connectivity index (χ1) is 14.1. The van der Waals surface area contributed by atoms with Gasteiger partial charge in [0.15, 0.2) is 6.29 Å². The summed E-state index contributed by atoms with van der Waals surface area (Å²) in [5, 5.41) is 0. The molecular weight excluding hydrogens is 370 g/mol. The highest BCUT2D eigenvalue weighted by molar-refractivity contribution is 4.85. The van der Waals surface area contributed by atoms with E-state index in [9.17, 15) is 8.78 Å². The van der Waals surface area contributed by atoms with Crippen LogP contribution in [0.5, 0.6) is 0 Å². The molecule has 166 valence electrons. The first-order valence-electron chi connectivity index (χ1n) is 12.0. The summed E-state index contributed by atoms with van der Waals surface area (Å²) in [6.07, 6.45) is 16.9. The number of hydrogen-bond acceptors (Lipinski definition) is 2. The molecule has 2 nitrogen and oxygen atoms in total. The SMILES string of the molecule is C=CCC1COC(CCC2CCC(C3CCC(CCC=C(F)F)CC3)CC2)OC1. The molecule has 0 amide bonds. The van der Waals surface area contributed by atoms with E-state index in [0.717, 1.165) is 56.3 Å². The highest BCUT2D eigenvalue weighted by Gasteiger charge is 2.31. The Kier molecular flexibility index (Phi) is 9.65. The smallest absolute Gasteiger partial charge is 0.266 e. The van der Waals surface area contributed by atoms with Crippen LogP contribution in [0.1, 0.15) is 83.5 Å². The van der Waals surface area contributed by atoms with E-state index in [0.29, 0.717) is 18.3 Å². The third-order valence-electron chi connectivity index (χ3n) is 7.67. The van der Waals surface area contributed by atoms with E-state index < -0.39 is 6.08 Å². The summed E-state index contributed by atoms with van der Waals surface area (Å²) >= 11 is 0. The lowest BCUT2D eigenvalue weighted by Crippen LogP contribution is -2.32. The zero-order valence-corrected chi connectivity index (χ0v) is 18.0. The molecule has 0 aromatic carbocycles. The second-order valence-corrected chi connectivity index (χ2v) is 9.70. The maximum atomic E-state index is 12.2. The molecule has 4 heteroatoms. The summed E-state index contributed by atoms with van der Waals surface area (Å²) in [6.45, 7) is 5.42. The van der Waals surface area contributed by atoms with Crippen LogP contribution in [0.2, 0.25) is 0 Å². The highest BCUT2D eigenvalue weighted by atomic mass is 19.3. The van der Waals surface area contributed by atoms with E-state index in [1.165, 1.54) is 57.8 Å². The third kappa shape index (κ3) is 7.79. The van der Waals surface area contributed by atoms with Crippen LogP contribution in [-0.4, -0.2) is 19.5 Å². The molecular formula is C25H40F2O2. The van der Waals surface area contributed by atoms with Gasteiger partial charge in [0, 0.05) is 5.92 Å². The standard InChI is InChI=1S/C25H40F2O2/c1-2-4-21-17-28-25(29-18-21)16-11-20-9-14-23(15-10-20)22-12-7-19(8-13-22)5-3-6-24(26)27/h2,6,19-23,25H,1,3-5,7-18H2. The molecule has 1 aliphatic heterocycles. The molecule has 1 saturated heterocycles. The van der Waals surface area contributed by atoms with Gasteiger partial charge in [-0.15, -0.1) is 6.58 Å². The molecule has 0 spiro atoms. The number of hydrogen-bond donors (Lipinski definition) is 0. The zero-order chi connectivity index (χ0) is 20.5. The highest BCUT2D eigenvalue weighted by Crippen LogP contribution is 2.43. The molecule has 2 aliphatic carbocycles. The van der Waals surface area contributed by atoms with Crippen molar-refractivity contribution in [3.05, 3.63) is 24.8 Å². The lowest BCUT2D eigenvalue weighted by atomic mass is 9.68. The minimum absolute atomic E-state index is 0.00443. The number of rotatable bonds is 9. The maximum absolute atomic E-state index is 12.2. The van der Waals surface area contributed by atoms with E-state index in [4.69, 9.17) is 9.47 Å². The molecule has 2 saturated carbocycles. The number of allylic oxidation sites excluding steroid dienone is 2. The van der Waals surface area contributed by atoms with Gasteiger partial charge in [0.05, 0.1) is 13.2 Å². The topological polar surface area (TPSA) is 18.5 Å². The van der Waals surface area contributed by atoms with Gasteiger partial charge >= 0.3 is 0 Å². The molecule has 3 fully saturated rings. The Morgan fingerprint density at radius 1 is 0.759 bits per heavy atom. The average molecular weight is 411 g/mol. The second kappa shape index (κ2) is 12.2. The lowest BCUT2D eigenvalue weighted by Gasteiger charge is -2.38. The van der Waals surface area contributed by atoms with Crippen molar-refractivity contribution in [3.8, 4) is 0 Å².